The van der Waals surface area contributed by atoms with Gasteiger partial charge in [0.25, 0.3) is 0 Å². The van der Waals surface area contributed by atoms with Crippen LogP contribution in [0.25, 0.3) is 0 Å². The van der Waals surface area contributed by atoms with Gasteiger partial charge in [0.2, 0.25) is 5.91 Å². The SMILES string of the molecule is [CH2-]CC(NC(=O)C(NC)c1cc(Cl)cc(Cl)c1)c1ccc(C(=O)OC)cc1. The first-order valence-corrected chi connectivity index (χ1v) is 9.06. The molecule has 7 heteroatoms. The second-order valence-electron chi connectivity index (χ2n) is 5.89. The largest absolute Gasteiger partial charge is 0.465 e. The zero-order valence-corrected chi connectivity index (χ0v) is 16.6. The van der Waals surface area contributed by atoms with Gasteiger partial charge in [-0.2, -0.15) is 6.42 Å². The Kier molecular flexibility index (Phi) is 7.66. The maximum Gasteiger partial charge on any atom is 0.337 e. The minimum Gasteiger partial charge on any atom is -0.465 e. The number of ether oxygens (including phenoxy) is 1. The number of benzene rings is 2. The summed E-state index contributed by atoms with van der Waals surface area (Å²) >= 11 is 12.1. The van der Waals surface area contributed by atoms with E-state index in [2.05, 4.69) is 17.6 Å². The fraction of sp³-hybridized carbons (Fsp3) is 0.250. The van der Waals surface area contributed by atoms with Gasteiger partial charge < -0.3 is 22.3 Å². The summed E-state index contributed by atoms with van der Waals surface area (Å²) in [5.74, 6) is -0.647. The van der Waals surface area contributed by atoms with E-state index in [0.717, 1.165) is 5.56 Å². The van der Waals surface area contributed by atoms with E-state index in [9.17, 15) is 9.59 Å². The van der Waals surface area contributed by atoms with Gasteiger partial charge in [0.1, 0.15) is 6.04 Å². The van der Waals surface area contributed by atoms with Crippen molar-refractivity contribution in [1.82, 2.24) is 10.6 Å². The summed E-state index contributed by atoms with van der Waals surface area (Å²) in [6, 6.07) is 10.9. The summed E-state index contributed by atoms with van der Waals surface area (Å²) in [7, 11) is 3.01. The summed E-state index contributed by atoms with van der Waals surface area (Å²) in [6.07, 6.45) is 0.441. The Labute approximate surface area is 169 Å². The molecule has 2 N–H and O–H groups in total. The van der Waals surface area contributed by atoms with Crippen LogP contribution in [0.3, 0.4) is 0 Å². The van der Waals surface area contributed by atoms with E-state index in [1.165, 1.54) is 7.11 Å². The number of carbonyl (C=O) groups excluding carboxylic acids is 2. The number of hydrogen-bond acceptors (Lipinski definition) is 4. The molecule has 27 heavy (non-hydrogen) atoms. The normalized spacial score (nSPS) is 12.9. The van der Waals surface area contributed by atoms with Crippen molar-refractivity contribution in [3.8, 4) is 0 Å². The molecule has 0 bridgehead atoms. The van der Waals surface area contributed by atoms with Crippen molar-refractivity contribution in [2.75, 3.05) is 14.2 Å². The zero-order chi connectivity index (χ0) is 20.0. The van der Waals surface area contributed by atoms with Crippen LogP contribution in [0.15, 0.2) is 42.5 Å². The number of rotatable bonds is 7. The van der Waals surface area contributed by atoms with Gasteiger partial charge in [0.05, 0.1) is 12.7 Å². The molecular formula is C20H21Cl2N2O3-. The molecule has 5 nitrogen and oxygen atoms in total. The lowest BCUT2D eigenvalue weighted by atomic mass is 10.0. The van der Waals surface area contributed by atoms with E-state index in [1.807, 2.05) is 0 Å². The van der Waals surface area contributed by atoms with Crippen LogP contribution in [-0.4, -0.2) is 26.0 Å². The fourth-order valence-corrected chi connectivity index (χ4v) is 3.28. The summed E-state index contributed by atoms with van der Waals surface area (Å²) < 4.78 is 4.69. The van der Waals surface area contributed by atoms with Gasteiger partial charge in [0.15, 0.2) is 0 Å². The molecule has 0 heterocycles. The quantitative estimate of drug-likeness (QED) is 0.534. The predicted molar refractivity (Wildman–Crippen MR) is 107 cm³/mol. The summed E-state index contributed by atoms with van der Waals surface area (Å²) in [5.41, 5.74) is 1.94. The molecule has 0 aliphatic rings. The molecule has 0 saturated carbocycles. The third-order valence-electron chi connectivity index (χ3n) is 4.11. The first-order valence-electron chi connectivity index (χ1n) is 8.30. The van der Waals surface area contributed by atoms with Crippen molar-refractivity contribution >= 4 is 35.1 Å². The number of esters is 1. The molecule has 2 rings (SSSR count). The first kappa shape index (κ1) is 21.2. The van der Waals surface area contributed by atoms with Gasteiger partial charge in [0, 0.05) is 16.1 Å². The molecule has 2 atom stereocenters. The smallest absolute Gasteiger partial charge is 0.337 e. The zero-order valence-electron chi connectivity index (χ0n) is 15.1. The highest BCUT2D eigenvalue weighted by molar-refractivity contribution is 6.34. The molecule has 2 aromatic rings. The van der Waals surface area contributed by atoms with Crippen molar-refractivity contribution < 1.29 is 14.3 Å². The first-order chi connectivity index (χ1) is 12.9. The minimum atomic E-state index is -0.621. The molecule has 0 aliphatic carbocycles. The van der Waals surface area contributed by atoms with Crippen molar-refractivity contribution in [1.29, 1.82) is 0 Å². The lowest BCUT2D eigenvalue weighted by Gasteiger charge is -2.24. The van der Waals surface area contributed by atoms with Gasteiger partial charge >= 0.3 is 5.97 Å². The second-order valence-corrected chi connectivity index (χ2v) is 6.76. The summed E-state index contributed by atoms with van der Waals surface area (Å²) in [5, 5.41) is 6.85. The van der Waals surface area contributed by atoms with Gasteiger partial charge in [-0.15, -0.1) is 0 Å². The number of hydrogen-bond donors (Lipinski definition) is 2. The van der Waals surface area contributed by atoms with Gasteiger partial charge in [-0.1, -0.05) is 35.3 Å². The van der Waals surface area contributed by atoms with Crippen LogP contribution in [0.4, 0.5) is 0 Å². The van der Waals surface area contributed by atoms with Crippen molar-refractivity contribution in [3.63, 3.8) is 0 Å². The van der Waals surface area contributed by atoms with Crippen LogP contribution < -0.4 is 10.6 Å². The molecule has 2 aromatic carbocycles. The van der Waals surface area contributed by atoms with Crippen LogP contribution >= 0.6 is 23.2 Å². The van der Waals surface area contributed by atoms with Crippen LogP contribution in [0.1, 0.15) is 40.0 Å². The molecule has 0 fully saturated rings. The topological polar surface area (TPSA) is 67.4 Å². The minimum absolute atomic E-state index is 0.235. The fourth-order valence-electron chi connectivity index (χ4n) is 2.74. The van der Waals surface area contributed by atoms with Gasteiger partial charge in [-0.25, -0.2) is 4.79 Å². The van der Waals surface area contributed by atoms with E-state index < -0.39 is 12.0 Å². The molecule has 0 saturated heterocycles. The lowest BCUT2D eigenvalue weighted by molar-refractivity contribution is -0.123. The molecular weight excluding hydrogens is 387 g/mol. The number of nitrogens with one attached hydrogen (secondary N) is 2. The van der Waals surface area contributed by atoms with Gasteiger partial charge in [-0.3, -0.25) is 4.79 Å². The predicted octanol–water partition coefficient (Wildman–Crippen LogP) is 4.12. The molecule has 0 spiro atoms. The maximum absolute atomic E-state index is 12.8. The number of methoxy groups -OCH3 is 1. The molecule has 0 aromatic heterocycles. The summed E-state index contributed by atoms with van der Waals surface area (Å²) in [4.78, 5) is 24.3. The van der Waals surface area contributed by atoms with E-state index in [-0.39, 0.29) is 11.9 Å². The molecule has 1 amide bonds. The third kappa shape index (κ3) is 5.45. The average Bonchev–Trinajstić information content (AvgIpc) is 2.65. The Hall–Kier alpha value is -2.08. The van der Waals surface area contributed by atoms with Crippen molar-refractivity contribution in [2.24, 2.45) is 0 Å². The van der Waals surface area contributed by atoms with E-state index >= 15 is 0 Å². The standard InChI is InChI=1S/C20H21Cl2N2O3/c1-4-17(12-5-7-13(8-6-12)20(26)27-3)24-19(25)18(23-2)14-9-15(21)11-16(22)10-14/h5-11,17-18,23H,1,4H2,2-3H3,(H,24,25)/q-1. The number of halogens is 2. The van der Waals surface area contributed by atoms with Crippen LogP contribution in [-0.2, 0) is 9.53 Å². The molecule has 2 unspecified atom stereocenters. The Balaban J connectivity index is 2.18. The highest BCUT2D eigenvalue weighted by atomic mass is 35.5. The third-order valence-corrected chi connectivity index (χ3v) is 4.54. The van der Waals surface area contributed by atoms with Crippen molar-refractivity contribution in [2.45, 2.75) is 18.5 Å². The van der Waals surface area contributed by atoms with E-state index in [0.29, 0.717) is 27.6 Å². The van der Waals surface area contributed by atoms with Crippen molar-refractivity contribution in [3.05, 3.63) is 76.1 Å². The number of likely N-dealkylation sites (N-methyl/N-ethyl adjacent to an activating group) is 1. The molecule has 0 aliphatic heterocycles. The summed E-state index contributed by atoms with van der Waals surface area (Å²) in [6.45, 7) is 3.91. The molecule has 144 valence electrons. The Morgan fingerprint density at radius 1 is 1.07 bits per heavy atom. The molecule has 0 radical (unpaired) electrons. The Bertz CT molecular complexity index is 789. The van der Waals surface area contributed by atoms with E-state index in [4.69, 9.17) is 27.9 Å². The second kappa shape index (κ2) is 9.74. The van der Waals surface area contributed by atoms with Crippen LogP contribution in [0, 0.1) is 6.92 Å². The average molecular weight is 408 g/mol. The highest BCUT2D eigenvalue weighted by Gasteiger charge is 2.22. The number of carbonyl (C=O) groups is 2. The highest BCUT2D eigenvalue weighted by Crippen LogP contribution is 2.25. The Morgan fingerprint density at radius 2 is 1.67 bits per heavy atom. The van der Waals surface area contributed by atoms with Crippen LogP contribution in [0.5, 0.6) is 0 Å². The van der Waals surface area contributed by atoms with Gasteiger partial charge in [-0.05, 0) is 48.5 Å². The van der Waals surface area contributed by atoms with E-state index in [1.54, 1.807) is 49.5 Å². The monoisotopic (exact) mass is 407 g/mol. The maximum atomic E-state index is 12.8. The number of amides is 1. The van der Waals surface area contributed by atoms with Crippen LogP contribution in [0.2, 0.25) is 10.0 Å². The lowest BCUT2D eigenvalue weighted by Crippen LogP contribution is -2.38. The Morgan fingerprint density at radius 3 is 2.15 bits per heavy atom.